The number of carbonyl (C=O) groups is 1. The maximum Gasteiger partial charge on any atom is 0.573 e. The third kappa shape index (κ3) is 4.54. The Hall–Kier alpha value is -2.59. The normalized spacial score (nSPS) is 17.5. The molecule has 2 heterocycles. The van der Waals surface area contributed by atoms with E-state index in [1.807, 2.05) is 0 Å². The van der Waals surface area contributed by atoms with Gasteiger partial charge in [-0.2, -0.15) is 4.31 Å². The largest absolute Gasteiger partial charge is 0.573 e. The second-order valence-corrected chi connectivity index (χ2v) is 9.48. The lowest BCUT2D eigenvalue weighted by Gasteiger charge is -2.30. The molecule has 2 aliphatic rings. The molecule has 0 unspecified atom stereocenters. The number of amides is 1. The summed E-state index contributed by atoms with van der Waals surface area (Å²) in [7, 11) is -3.67. The van der Waals surface area contributed by atoms with Crippen LogP contribution in [0.25, 0.3) is 0 Å². The first-order valence-electron chi connectivity index (χ1n) is 9.96. The highest BCUT2D eigenvalue weighted by atomic mass is 32.2. The molecule has 1 amide bonds. The van der Waals surface area contributed by atoms with Crippen molar-refractivity contribution in [3.8, 4) is 5.75 Å². The minimum absolute atomic E-state index is 0.0615. The van der Waals surface area contributed by atoms with Crippen molar-refractivity contribution >= 4 is 21.6 Å². The predicted molar refractivity (Wildman–Crippen MR) is 108 cm³/mol. The molecule has 0 saturated carbocycles. The monoisotopic (exact) mass is 454 g/mol. The quantitative estimate of drug-likeness (QED) is 0.702. The molecule has 2 aromatic rings. The first kappa shape index (κ1) is 21.6. The summed E-state index contributed by atoms with van der Waals surface area (Å²) in [5, 5.41) is 0. The number of aryl methyl sites for hydroxylation is 1. The summed E-state index contributed by atoms with van der Waals surface area (Å²) in [5.41, 5.74) is 1.28. The maximum absolute atomic E-state index is 13.2. The lowest BCUT2D eigenvalue weighted by molar-refractivity contribution is -0.274. The number of carbonyl (C=O) groups excluding carboxylic acids is 1. The number of nitrogens with zero attached hydrogens (tertiary/aromatic N) is 2. The zero-order chi connectivity index (χ0) is 22.2. The van der Waals surface area contributed by atoms with E-state index in [-0.39, 0.29) is 16.2 Å². The second-order valence-electron chi connectivity index (χ2n) is 7.54. The van der Waals surface area contributed by atoms with Crippen LogP contribution in [0, 0.1) is 0 Å². The van der Waals surface area contributed by atoms with Crippen molar-refractivity contribution in [1.29, 1.82) is 0 Å². The average molecular weight is 454 g/mol. The molecule has 1 fully saturated rings. The fourth-order valence-electron chi connectivity index (χ4n) is 4.00. The van der Waals surface area contributed by atoms with Gasteiger partial charge < -0.3 is 9.64 Å². The Kier molecular flexibility index (Phi) is 5.69. The van der Waals surface area contributed by atoms with Gasteiger partial charge in [-0.25, -0.2) is 8.42 Å². The van der Waals surface area contributed by atoms with E-state index in [4.69, 9.17) is 0 Å². The van der Waals surface area contributed by atoms with E-state index in [0.717, 1.165) is 12.8 Å². The van der Waals surface area contributed by atoms with Crippen molar-refractivity contribution in [1.82, 2.24) is 4.31 Å². The smallest absolute Gasteiger partial charge is 0.406 e. The molecule has 0 aromatic heterocycles. The molecule has 0 bridgehead atoms. The van der Waals surface area contributed by atoms with Crippen LogP contribution in [0.1, 0.15) is 35.2 Å². The Labute approximate surface area is 178 Å². The fourth-order valence-corrected chi connectivity index (χ4v) is 5.57. The van der Waals surface area contributed by atoms with Crippen LogP contribution in [-0.4, -0.2) is 44.6 Å². The van der Waals surface area contributed by atoms with Gasteiger partial charge in [0.25, 0.3) is 5.91 Å². The average Bonchev–Trinajstić information content (AvgIpc) is 3.27. The summed E-state index contributed by atoms with van der Waals surface area (Å²) in [6.07, 6.45) is -2.10. The Balaban J connectivity index is 1.61. The number of ether oxygens (including phenoxy) is 1. The summed E-state index contributed by atoms with van der Waals surface area (Å²) < 4.78 is 68.6. The van der Waals surface area contributed by atoms with E-state index in [2.05, 4.69) is 4.74 Å². The number of alkyl halides is 3. The first-order chi connectivity index (χ1) is 14.6. The van der Waals surface area contributed by atoms with Gasteiger partial charge in [-0.1, -0.05) is 6.07 Å². The van der Waals surface area contributed by atoms with E-state index in [0.29, 0.717) is 43.7 Å². The van der Waals surface area contributed by atoms with Gasteiger partial charge in [0, 0.05) is 30.9 Å². The third-order valence-corrected chi connectivity index (χ3v) is 7.33. The summed E-state index contributed by atoms with van der Waals surface area (Å²) in [6, 6.07) is 9.80. The molecule has 1 saturated heterocycles. The summed E-state index contributed by atoms with van der Waals surface area (Å²) >= 11 is 0. The molecule has 166 valence electrons. The standard InChI is InChI=1S/C21H21F3N2O4S/c22-21(23,24)30-17-8-9-19-15(13-17)6-4-12-26(19)20(27)16-5-3-7-18(14-16)31(28,29)25-10-1-2-11-25/h3,5,7-9,13-14H,1-2,4,6,10-12H2. The van der Waals surface area contributed by atoms with E-state index < -0.39 is 22.3 Å². The van der Waals surface area contributed by atoms with Crippen LogP contribution in [0.2, 0.25) is 0 Å². The molecule has 0 radical (unpaired) electrons. The van der Waals surface area contributed by atoms with E-state index in [1.54, 1.807) is 6.07 Å². The Bertz CT molecular complexity index is 1100. The zero-order valence-electron chi connectivity index (χ0n) is 16.6. The number of benzene rings is 2. The van der Waals surface area contributed by atoms with Gasteiger partial charge in [0.2, 0.25) is 10.0 Å². The van der Waals surface area contributed by atoms with Crippen LogP contribution in [0.4, 0.5) is 18.9 Å². The van der Waals surface area contributed by atoms with Crippen LogP contribution in [0.5, 0.6) is 5.75 Å². The molecule has 6 nitrogen and oxygen atoms in total. The number of hydrogen-bond acceptors (Lipinski definition) is 4. The summed E-state index contributed by atoms with van der Waals surface area (Å²) in [5.74, 6) is -0.733. The van der Waals surface area contributed by atoms with Gasteiger partial charge in [-0.3, -0.25) is 4.79 Å². The molecule has 10 heteroatoms. The SMILES string of the molecule is O=C(c1cccc(S(=O)(=O)N2CCCC2)c1)N1CCCc2cc(OC(F)(F)F)ccc21. The molecule has 0 aliphatic carbocycles. The number of rotatable bonds is 4. The van der Waals surface area contributed by atoms with E-state index >= 15 is 0 Å². The number of halogens is 3. The summed E-state index contributed by atoms with van der Waals surface area (Å²) in [6.45, 7) is 1.30. The lowest BCUT2D eigenvalue weighted by Crippen LogP contribution is -2.35. The molecular formula is C21H21F3N2O4S. The predicted octanol–water partition coefficient (Wildman–Crippen LogP) is 3.96. The van der Waals surface area contributed by atoms with Gasteiger partial charge in [-0.05, 0) is 67.6 Å². The van der Waals surface area contributed by atoms with Crippen LogP contribution in [0.15, 0.2) is 47.4 Å². The Morgan fingerprint density at radius 2 is 1.71 bits per heavy atom. The minimum atomic E-state index is -4.79. The Morgan fingerprint density at radius 3 is 2.42 bits per heavy atom. The fraction of sp³-hybridized carbons (Fsp3) is 0.381. The van der Waals surface area contributed by atoms with E-state index in [1.165, 1.54) is 45.6 Å². The van der Waals surface area contributed by atoms with Crippen molar-refractivity contribution in [2.75, 3.05) is 24.5 Å². The van der Waals surface area contributed by atoms with Crippen LogP contribution < -0.4 is 9.64 Å². The molecule has 0 N–H and O–H groups in total. The van der Waals surface area contributed by atoms with Crippen LogP contribution in [0.3, 0.4) is 0 Å². The minimum Gasteiger partial charge on any atom is -0.406 e. The number of hydrogen-bond donors (Lipinski definition) is 0. The lowest BCUT2D eigenvalue weighted by atomic mass is 10.0. The van der Waals surface area contributed by atoms with Gasteiger partial charge >= 0.3 is 6.36 Å². The summed E-state index contributed by atoms with van der Waals surface area (Å²) in [4.78, 5) is 14.7. The maximum atomic E-state index is 13.2. The molecule has 2 aromatic carbocycles. The second kappa shape index (κ2) is 8.16. The van der Waals surface area contributed by atoms with Gasteiger partial charge in [0.05, 0.1) is 4.90 Å². The Morgan fingerprint density at radius 1 is 0.968 bits per heavy atom. The number of anilines is 1. The van der Waals surface area contributed by atoms with Crippen molar-refractivity contribution in [3.63, 3.8) is 0 Å². The molecule has 31 heavy (non-hydrogen) atoms. The molecule has 4 rings (SSSR count). The highest BCUT2D eigenvalue weighted by Gasteiger charge is 2.32. The number of sulfonamides is 1. The van der Waals surface area contributed by atoms with Crippen LogP contribution in [-0.2, 0) is 16.4 Å². The highest BCUT2D eigenvalue weighted by Crippen LogP contribution is 2.34. The van der Waals surface area contributed by atoms with E-state index in [9.17, 15) is 26.4 Å². The molecular weight excluding hydrogens is 433 g/mol. The number of fused-ring (bicyclic) bond motifs is 1. The van der Waals surface area contributed by atoms with Crippen molar-refractivity contribution in [2.45, 2.75) is 36.9 Å². The van der Waals surface area contributed by atoms with Gasteiger partial charge in [-0.15, -0.1) is 13.2 Å². The molecule has 0 atom stereocenters. The van der Waals surface area contributed by atoms with Gasteiger partial charge in [0.15, 0.2) is 0 Å². The third-order valence-electron chi connectivity index (χ3n) is 5.43. The van der Waals surface area contributed by atoms with Gasteiger partial charge in [0.1, 0.15) is 5.75 Å². The zero-order valence-corrected chi connectivity index (χ0v) is 17.4. The molecule has 2 aliphatic heterocycles. The van der Waals surface area contributed by atoms with Crippen molar-refractivity contribution in [3.05, 3.63) is 53.6 Å². The van der Waals surface area contributed by atoms with Crippen molar-refractivity contribution < 1.29 is 31.1 Å². The molecule has 0 spiro atoms. The van der Waals surface area contributed by atoms with Crippen molar-refractivity contribution in [2.24, 2.45) is 0 Å². The van der Waals surface area contributed by atoms with Crippen LogP contribution >= 0.6 is 0 Å². The first-order valence-corrected chi connectivity index (χ1v) is 11.4. The highest BCUT2D eigenvalue weighted by molar-refractivity contribution is 7.89. The topological polar surface area (TPSA) is 66.9 Å².